The molecule has 2 aliphatic rings. The van der Waals surface area contributed by atoms with Crippen molar-refractivity contribution >= 4 is 22.5 Å². The molecule has 2 aliphatic heterocycles. The lowest BCUT2D eigenvalue weighted by Crippen LogP contribution is -2.48. The molecule has 2 saturated heterocycles. The number of nitrogens with zero attached hydrogens (tertiary/aromatic N) is 4. The van der Waals surface area contributed by atoms with Gasteiger partial charge in [-0.05, 0) is 24.1 Å². The van der Waals surface area contributed by atoms with Crippen LogP contribution in [0, 0.1) is 5.92 Å². The third kappa shape index (κ3) is 3.24. The zero-order valence-corrected chi connectivity index (χ0v) is 14.4. The number of hydrogen-bond donors (Lipinski definition) is 1. The molecular formula is C18H23N5O2. The van der Waals surface area contributed by atoms with E-state index in [1.807, 2.05) is 18.2 Å². The van der Waals surface area contributed by atoms with Crippen LogP contribution in [0.1, 0.15) is 6.42 Å². The van der Waals surface area contributed by atoms with Crippen molar-refractivity contribution in [3.63, 3.8) is 0 Å². The molecule has 25 heavy (non-hydrogen) atoms. The second-order valence-electron chi connectivity index (χ2n) is 7.02. The fourth-order valence-corrected chi connectivity index (χ4v) is 3.74. The molecule has 4 rings (SSSR count). The minimum atomic E-state index is -0.0129. The fraction of sp³-hybridized carbons (Fsp3) is 0.500. The van der Waals surface area contributed by atoms with Gasteiger partial charge in [-0.3, -0.25) is 14.5 Å². The predicted molar refractivity (Wildman–Crippen MR) is 96.8 cm³/mol. The van der Waals surface area contributed by atoms with Gasteiger partial charge in [0.2, 0.25) is 5.91 Å². The summed E-state index contributed by atoms with van der Waals surface area (Å²) in [6.45, 7) is 5.68. The molecule has 0 saturated carbocycles. The molecule has 1 unspecified atom stereocenters. The Labute approximate surface area is 146 Å². The molecule has 0 radical (unpaired) electrons. The van der Waals surface area contributed by atoms with Crippen LogP contribution < -0.4 is 15.8 Å². The standard InChI is InChI=1S/C18H23N5O2/c1-21-12-20-16-9-14(2-3-15(16)18(21)25)23-6-4-22(5-7-23)11-13-8-17(24)19-10-13/h2-3,9,12-13H,4-8,10-11H2,1H3,(H,19,24). The third-order valence-corrected chi connectivity index (χ3v) is 5.22. The van der Waals surface area contributed by atoms with Crippen LogP contribution in [0.15, 0.2) is 29.3 Å². The summed E-state index contributed by atoms with van der Waals surface area (Å²) in [5, 5.41) is 3.57. The molecule has 0 spiro atoms. The molecule has 7 nitrogen and oxygen atoms in total. The van der Waals surface area contributed by atoms with Crippen LogP contribution in [0.25, 0.3) is 10.9 Å². The number of nitrogens with one attached hydrogen (secondary N) is 1. The molecule has 0 bridgehead atoms. The monoisotopic (exact) mass is 341 g/mol. The molecule has 1 aromatic heterocycles. The van der Waals surface area contributed by atoms with Gasteiger partial charge in [0.25, 0.3) is 5.56 Å². The maximum absolute atomic E-state index is 12.1. The summed E-state index contributed by atoms with van der Waals surface area (Å²) >= 11 is 0. The first-order chi connectivity index (χ1) is 12.1. The number of aromatic nitrogens is 2. The summed E-state index contributed by atoms with van der Waals surface area (Å²) in [5.41, 5.74) is 1.85. The molecule has 3 heterocycles. The van der Waals surface area contributed by atoms with E-state index in [9.17, 15) is 9.59 Å². The van der Waals surface area contributed by atoms with E-state index >= 15 is 0 Å². The Kier molecular flexibility index (Phi) is 4.17. The number of amides is 1. The van der Waals surface area contributed by atoms with Crippen molar-refractivity contribution in [2.75, 3.05) is 44.2 Å². The molecule has 7 heteroatoms. The SMILES string of the molecule is Cn1cnc2cc(N3CCN(CC4CNC(=O)C4)CC3)ccc2c1=O. The van der Waals surface area contributed by atoms with Gasteiger partial charge in [-0.15, -0.1) is 0 Å². The molecule has 132 valence electrons. The number of fused-ring (bicyclic) bond motifs is 1. The Morgan fingerprint density at radius 2 is 2.00 bits per heavy atom. The number of carbonyl (C=O) groups is 1. The van der Waals surface area contributed by atoms with E-state index in [1.54, 1.807) is 13.4 Å². The van der Waals surface area contributed by atoms with Gasteiger partial charge in [0.1, 0.15) is 0 Å². The van der Waals surface area contributed by atoms with Crippen LogP contribution in [-0.4, -0.2) is 59.6 Å². The first kappa shape index (κ1) is 16.1. The van der Waals surface area contributed by atoms with Gasteiger partial charge in [-0.1, -0.05) is 0 Å². The zero-order chi connectivity index (χ0) is 17.4. The Morgan fingerprint density at radius 3 is 2.72 bits per heavy atom. The quantitative estimate of drug-likeness (QED) is 0.863. The highest BCUT2D eigenvalue weighted by atomic mass is 16.2. The van der Waals surface area contributed by atoms with E-state index in [2.05, 4.69) is 20.1 Å². The smallest absolute Gasteiger partial charge is 0.260 e. The van der Waals surface area contributed by atoms with Crippen LogP contribution in [0.3, 0.4) is 0 Å². The molecule has 2 fully saturated rings. The number of hydrogen-bond acceptors (Lipinski definition) is 5. The predicted octanol–water partition coefficient (Wildman–Crippen LogP) is 0.192. The minimum Gasteiger partial charge on any atom is -0.369 e. The first-order valence-corrected chi connectivity index (χ1v) is 8.79. The Morgan fingerprint density at radius 1 is 1.20 bits per heavy atom. The summed E-state index contributed by atoms with van der Waals surface area (Å²) in [4.78, 5) is 32.6. The fourth-order valence-electron chi connectivity index (χ4n) is 3.74. The molecule has 1 N–H and O–H groups in total. The van der Waals surface area contributed by atoms with Crippen molar-refractivity contribution < 1.29 is 4.79 Å². The van der Waals surface area contributed by atoms with Crippen LogP contribution in [0.2, 0.25) is 0 Å². The third-order valence-electron chi connectivity index (χ3n) is 5.22. The van der Waals surface area contributed by atoms with Crippen molar-refractivity contribution in [1.82, 2.24) is 19.8 Å². The van der Waals surface area contributed by atoms with Crippen molar-refractivity contribution in [3.8, 4) is 0 Å². The Bertz CT molecular complexity index is 854. The maximum atomic E-state index is 12.1. The van der Waals surface area contributed by atoms with E-state index in [0.29, 0.717) is 17.7 Å². The van der Waals surface area contributed by atoms with E-state index in [4.69, 9.17) is 0 Å². The number of aryl methyl sites for hydroxylation is 1. The highest BCUT2D eigenvalue weighted by molar-refractivity contribution is 5.81. The van der Waals surface area contributed by atoms with Crippen LogP contribution in [0.4, 0.5) is 5.69 Å². The van der Waals surface area contributed by atoms with Gasteiger partial charge in [-0.25, -0.2) is 4.98 Å². The lowest BCUT2D eigenvalue weighted by atomic mass is 10.1. The number of anilines is 1. The van der Waals surface area contributed by atoms with E-state index in [1.165, 1.54) is 4.57 Å². The normalized spacial score (nSPS) is 21.7. The minimum absolute atomic E-state index is 0.0129. The molecule has 2 aromatic rings. The average Bonchev–Trinajstić information content (AvgIpc) is 3.03. The van der Waals surface area contributed by atoms with Crippen molar-refractivity contribution in [2.45, 2.75) is 6.42 Å². The highest BCUT2D eigenvalue weighted by Crippen LogP contribution is 2.21. The molecule has 0 aliphatic carbocycles. The van der Waals surface area contributed by atoms with Crippen molar-refractivity contribution in [1.29, 1.82) is 0 Å². The number of piperazine rings is 1. The van der Waals surface area contributed by atoms with Gasteiger partial charge in [0.15, 0.2) is 0 Å². The summed E-state index contributed by atoms with van der Waals surface area (Å²) < 4.78 is 1.50. The van der Waals surface area contributed by atoms with Crippen molar-refractivity contribution in [3.05, 3.63) is 34.9 Å². The van der Waals surface area contributed by atoms with Gasteiger partial charge in [0.05, 0.1) is 17.2 Å². The van der Waals surface area contributed by atoms with E-state index in [0.717, 1.165) is 50.5 Å². The lowest BCUT2D eigenvalue weighted by Gasteiger charge is -2.37. The van der Waals surface area contributed by atoms with Gasteiger partial charge in [0, 0.05) is 58.4 Å². The maximum Gasteiger partial charge on any atom is 0.260 e. The van der Waals surface area contributed by atoms with E-state index < -0.39 is 0 Å². The zero-order valence-electron chi connectivity index (χ0n) is 14.4. The molecule has 1 atom stereocenters. The van der Waals surface area contributed by atoms with Gasteiger partial charge in [-0.2, -0.15) is 0 Å². The average molecular weight is 341 g/mol. The summed E-state index contributed by atoms with van der Waals surface area (Å²) in [5.74, 6) is 0.624. The van der Waals surface area contributed by atoms with Gasteiger partial charge >= 0.3 is 0 Å². The number of rotatable bonds is 3. The lowest BCUT2D eigenvalue weighted by molar-refractivity contribution is -0.119. The summed E-state index contributed by atoms with van der Waals surface area (Å²) in [6, 6.07) is 5.90. The summed E-state index contributed by atoms with van der Waals surface area (Å²) in [6.07, 6.45) is 2.23. The molecule has 1 amide bonds. The first-order valence-electron chi connectivity index (χ1n) is 8.79. The molecule has 1 aromatic carbocycles. The topological polar surface area (TPSA) is 70.5 Å². The van der Waals surface area contributed by atoms with Crippen LogP contribution >= 0.6 is 0 Å². The highest BCUT2D eigenvalue weighted by Gasteiger charge is 2.25. The van der Waals surface area contributed by atoms with Crippen LogP contribution in [0.5, 0.6) is 0 Å². The van der Waals surface area contributed by atoms with Crippen molar-refractivity contribution in [2.24, 2.45) is 13.0 Å². The Balaban J connectivity index is 1.42. The molecular weight excluding hydrogens is 318 g/mol. The number of carbonyl (C=O) groups excluding carboxylic acids is 1. The van der Waals surface area contributed by atoms with Gasteiger partial charge < -0.3 is 14.8 Å². The van der Waals surface area contributed by atoms with Crippen LogP contribution in [-0.2, 0) is 11.8 Å². The van der Waals surface area contributed by atoms with E-state index in [-0.39, 0.29) is 11.5 Å². The largest absolute Gasteiger partial charge is 0.369 e. The summed E-state index contributed by atoms with van der Waals surface area (Å²) in [7, 11) is 1.72. The number of benzene rings is 1. The Hall–Kier alpha value is -2.41. The second kappa shape index (κ2) is 6.48. The second-order valence-corrected chi connectivity index (χ2v) is 7.02.